The van der Waals surface area contributed by atoms with Crippen molar-refractivity contribution >= 4 is 29.1 Å². The van der Waals surface area contributed by atoms with E-state index < -0.39 is 12.0 Å². The molecule has 1 rings (SSSR count). The first-order valence-corrected chi connectivity index (χ1v) is 6.76. The third-order valence-electron chi connectivity index (χ3n) is 1.61. The van der Waals surface area contributed by atoms with Gasteiger partial charge in [0.2, 0.25) is 0 Å². The van der Waals surface area contributed by atoms with E-state index >= 15 is 0 Å². The molecule has 0 spiro atoms. The van der Waals surface area contributed by atoms with Crippen LogP contribution in [0.1, 0.15) is 23.8 Å². The van der Waals surface area contributed by atoms with Crippen molar-refractivity contribution in [3.63, 3.8) is 0 Å². The van der Waals surface area contributed by atoms with Crippen LogP contribution >= 0.6 is 23.1 Å². The number of carbonyl (C=O) groups is 1. The van der Waals surface area contributed by atoms with Gasteiger partial charge in [0.1, 0.15) is 0 Å². The zero-order chi connectivity index (χ0) is 12.7. The molecule has 0 saturated carbocycles. The van der Waals surface area contributed by atoms with Crippen LogP contribution in [0.4, 0.5) is 8.78 Å². The van der Waals surface area contributed by atoms with Crippen LogP contribution in [0.2, 0.25) is 0 Å². The molecule has 1 heterocycles. The highest BCUT2D eigenvalue weighted by Gasteiger charge is 2.11. The minimum absolute atomic E-state index is 0.270. The largest absolute Gasteiger partial charge is 0.461 e. The molecule has 17 heavy (non-hydrogen) atoms. The molecule has 1 aromatic heterocycles. The smallest absolute Gasteiger partial charge is 0.357 e. The fourth-order valence-electron chi connectivity index (χ4n) is 0.937. The first kappa shape index (κ1) is 14.1. The Morgan fingerprint density at radius 1 is 1.65 bits per heavy atom. The number of halogens is 2. The summed E-state index contributed by atoms with van der Waals surface area (Å²) < 4.78 is 28.9. The molecule has 0 saturated heterocycles. The van der Waals surface area contributed by atoms with Gasteiger partial charge in [0, 0.05) is 11.1 Å². The molecule has 94 valence electrons. The van der Waals surface area contributed by atoms with Gasteiger partial charge in [-0.1, -0.05) is 11.8 Å². The lowest BCUT2D eigenvalue weighted by Gasteiger charge is -1.96. The zero-order valence-electron chi connectivity index (χ0n) is 9.11. The number of nitrogens with zero attached hydrogens (tertiary/aromatic N) is 1. The van der Waals surface area contributed by atoms with Crippen LogP contribution in [0.25, 0.3) is 0 Å². The molecule has 0 bridgehead atoms. The highest BCUT2D eigenvalue weighted by atomic mass is 32.2. The number of esters is 1. The van der Waals surface area contributed by atoms with E-state index in [4.69, 9.17) is 4.74 Å². The van der Waals surface area contributed by atoms with Crippen LogP contribution in [-0.2, 0) is 4.74 Å². The Morgan fingerprint density at radius 3 is 3.06 bits per heavy atom. The normalized spacial score (nSPS) is 10.1. The summed E-state index contributed by atoms with van der Waals surface area (Å²) in [4.78, 5) is 15.3. The van der Waals surface area contributed by atoms with Crippen LogP contribution in [-0.4, -0.2) is 23.3 Å². The van der Waals surface area contributed by atoms with E-state index in [2.05, 4.69) is 4.98 Å². The van der Waals surface area contributed by atoms with Gasteiger partial charge in [-0.2, -0.15) is 8.78 Å². The number of hydrogen-bond acceptors (Lipinski definition) is 5. The third-order valence-corrected chi connectivity index (χ3v) is 3.66. The summed E-state index contributed by atoms with van der Waals surface area (Å²) in [5.74, 6) is 0.0536. The van der Waals surface area contributed by atoms with E-state index in [1.54, 1.807) is 12.3 Å². The van der Waals surface area contributed by atoms with Gasteiger partial charge in [0.15, 0.2) is 10.0 Å². The Kier molecular flexibility index (Phi) is 6.13. The van der Waals surface area contributed by atoms with Gasteiger partial charge in [0.05, 0.1) is 6.61 Å². The van der Waals surface area contributed by atoms with Crippen molar-refractivity contribution in [2.45, 2.75) is 17.7 Å². The van der Waals surface area contributed by atoms with Crippen molar-refractivity contribution in [2.24, 2.45) is 0 Å². The van der Waals surface area contributed by atoms with Crippen molar-refractivity contribution in [3.05, 3.63) is 23.2 Å². The molecule has 7 heteroatoms. The summed E-state index contributed by atoms with van der Waals surface area (Å²) in [6.07, 6.45) is -0.522. The van der Waals surface area contributed by atoms with Crippen LogP contribution in [0.5, 0.6) is 0 Å². The first-order valence-electron chi connectivity index (χ1n) is 4.90. The van der Waals surface area contributed by atoms with Gasteiger partial charge in [-0.15, -0.1) is 11.3 Å². The molecule has 0 fully saturated rings. The SMILES string of the molecule is CCOC(=O)c1csc(SCCC=C(F)F)n1. The van der Waals surface area contributed by atoms with Crippen LogP contribution in [0.15, 0.2) is 21.9 Å². The molecule has 0 amide bonds. The predicted octanol–water partition coefficient (Wildman–Crippen LogP) is 3.58. The van der Waals surface area contributed by atoms with Crippen LogP contribution in [0, 0.1) is 0 Å². The molecular formula is C10H11F2NO2S2. The number of carbonyl (C=O) groups excluding carboxylic acids is 1. The average molecular weight is 279 g/mol. The lowest BCUT2D eigenvalue weighted by atomic mass is 10.5. The molecular weight excluding hydrogens is 268 g/mol. The number of ether oxygens (including phenoxy) is 1. The van der Waals surface area contributed by atoms with E-state index in [-0.39, 0.29) is 12.1 Å². The summed E-state index contributed by atoms with van der Waals surface area (Å²) in [5.41, 5.74) is 0.270. The lowest BCUT2D eigenvalue weighted by molar-refractivity contribution is 0.0520. The Morgan fingerprint density at radius 2 is 2.41 bits per heavy atom. The van der Waals surface area contributed by atoms with E-state index in [0.29, 0.717) is 16.7 Å². The molecule has 0 aromatic carbocycles. The van der Waals surface area contributed by atoms with Gasteiger partial charge in [0.25, 0.3) is 6.08 Å². The number of rotatable bonds is 6. The minimum atomic E-state index is -1.67. The molecule has 3 nitrogen and oxygen atoms in total. The average Bonchev–Trinajstić information content (AvgIpc) is 2.73. The molecule has 0 radical (unpaired) electrons. The zero-order valence-corrected chi connectivity index (χ0v) is 10.7. The molecule has 0 aliphatic heterocycles. The summed E-state index contributed by atoms with van der Waals surface area (Å²) >= 11 is 2.65. The molecule has 1 aromatic rings. The second-order valence-corrected chi connectivity index (χ2v) is 5.05. The van der Waals surface area contributed by atoms with Crippen molar-refractivity contribution in [1.29, 1.82) is 0 Å². The summed E-state index contributed by atoms with van der Waals surface area (Å²) in [5, 5.41) is 1.60. The maximum Gasteiger partial charge on any atom is 0.357 e. The molecule has 0 aliphatic rings. The number of thioether (sulfide) groups is 1. The number of aromatic nitrogens is 1. The standard InChI is InChI=1S/C10H11F2NO2S2/c1-2-15-9(14)7-6-17-10(13-7)16-5-3-4-8(11)12/h4,6H,2-3,5H2,1H3. The highest BCUT2D eigenvalue weighted by molar-refractivity contribution is 8.01. The minimum Gasteiger partial charge on any atom is -0.461 e. The van der Waals surface area contributed by atoms with Gasteiger partial charge in [-0.3, -0.25) is 0 Å². The van der Waals surface area contributed by atoms with Gasteiger partial charge in [-0.05, 0) is 19.4 Å². The Hall–Kier alpha value is -0.950. The number of allylic oxidation sites excluding steroid dienone is 1. The van der Waals surface area contributed by atoms with Gasteiger partial charge >= 0.3 is 5.97 Å². The second kappa shape index (κ2) is 7.39. The first-order chi connectivity index (χ1) is 8.13. The van der Waals surface area contributed by atoms with Gasteiger partial charge < -0.3 is 4.74 Å². The van der Waals surface area contributed by atoms with E-state index in [9.17, 15) is 13.6 Å². The second-order valence-electron chi connectivity index (χ2n) is 2.85. The molecule has 0 atom stereocenters. The van der Waals surface area contributed by atoms with Crippen molar-refractivity contribution in [3.8, 4) is 0 Å². The number of hydrogen-bond donors (Lipinski definition) is 0. The van der Waals surface area contributed by atoms with Crippen molar-refractivity contribution in [2.75, 3.05) is 12.4 Å². The topological polar surface area (TPSA) is 39.2 Å². The molecule has 0 N–H and O–H groups in total. The Bertz CT molecular complexity index is 403. The Balaban J connectivity index is 2.40. The molecule has 0 unspecified atom stereocenters. The lowest BCUT2D eigenvalue weighted by Crippen LogP contribution is -2.04. The maximum absolute atomic E-state index is 11.7. The van der Waals surface area contributed by atoms with E-state index in [1.807, 2.05) is 0 Å². The number of thiazole rings is 1. The predicted molar refractivity (Wildman–Crippen MR) is 63.7 cm³/mol. The van der Waals surface area contributed by atoms with Crippen LogP contribution in [0.3, 0.4) is 0 Å². The highest BCUT2D eigenvalue weighted by Crippen LogP contribution is 2.23. The fourth-order valence-corrected chi connectivity index (χ4v) is 2.69. The van der Waals surface area contributed by atoms with Crippen molar-refractivity contribution in [1.82, 2.24) is 4.98 Å². The third kappa shape index (κ3) is 5.27. The van der Waals surface area contributed by atoms with Gasteiger partial charge in [-0.25, -0.2) is 9.78 Å². The van der Waals surface area contributed by atoms with Crippen LogP contribution < -0.4 is 0 Å². The fraction of sp³-hybridized carbons (Fsp3) is 0.400. The summed E-state index contributed by atoms with van der Waals surface area (Å²) in [7, 11) is 0. The quantitative estimate of drug-likeness (QED) is 0.453. The Labute approximate surface area is 106 Å². The van der Waals surface area contributed by atoms with Crippen molar-refractivity contribution < 1.29 is 18.3 Å². The monoisotopic (exact) mass is 279 g/mol. The van der Waals surface area contributed by atoms with E-state index in [1.165, 1.54) is 23.1 Å². The summed E-state index contributed by atoms with van der Waals surface area (Å²) in [6, 6.07) is 0. The molecule has 0 aliphatic carbocycles. The maximum atomic E-state index is 11.7. The van der Waals surface area contributed by atoms with E-state index in [0.717, 1.165) is 6.08 Å². The summed E-state index contributed by atoms with van der Waals surface area (Å²) in [6.45, 7) is 2.02.